The molecule has 0 bridgehead atoms. The molecule has 2 aliphatic carbocycles. The number of rotatable bonds is 7. The van der Waals surface area contributed by atoms with Crippen LogP contribution in [0.5, 0.6) is 0 Å². The molecule has 1 aromatic heterocycles. The van der Waals surface area contributed by atoms with Crippen molar-refractivity contribution in [3.63, 3.8) is 0 Å². The number of nitrogens with one attached hydrogen (secondary N) is 1. The van der Waals surface area contributed by atoms with Crippen LogP contribution in [0, 0.1) is 15.9 Å². The highest BCUT2D eigenvalue weighted by atomic mass is 19.1. The lowest BCUT2D eigenvalue weighted by molar-refractivity contribution is -0.384. The van der Waals surface area contributed by atoms with Gasteiger partial charge in [0.1, 0.15) is 12.0 Å². The van der Waals surface area contributed by atoms with E-state index in [1.54, 1.807) is 18.2 Å². The van der Waals surface area contributed by atoms with Crippen molar-refractivity contribution in [1.82, 2.24) is 9.97 Å². The van der Waals surface area contributed by atoms with E-state index in [0.29, 0.717) is 18.1 Å². The van der Waals surface area contributed by atoms with Gasteiger partial charge in [0.25, 0.3) is 0 Å². The average molecular weight is 343 g/mol. The van der Waals surface area contributed by atoms with Crippen molar-refractivity contribution in [2.45, 2.75) is 44.3 Å². The van der Waals surface area contributed by atoms with E-state index in [9.17, 15) is 14.5 Å². The Labute approximate surface area is 144 Å². The van der Waals surface area contributed by atoms with Crippen LogP contribution in [0.15, 0.2) is 30.5 Å². The third-order valence-electron chi connectivity index (χ3n) is 4.41. The molecule has 2 saturated carbocycles. The average Bonchev–Trinajstić information content (AvgIpc) is 3.48. The van der Waals surface area contributed by atoms with Crippen LogP contribution in [-0.4, -0.2) is 27.0 Å². The van der Waals surface area contributed by atoms with Gasteiger partial charge < -0.3 is 10.2 Å². The van der Waals surface area contributed by atoms with Crippen LogP contribution in [0.25, 0.3) is 0 Å². The van der Waals surface area contributed by atoms with Crippen LogP contribution >= 0.6 is 0 Å². The van der Waals surface area contributed by atoms with Gasteiger partial charge in [-0.15, -0.1) is 0 Å². The maximum absolute atomic E-state index is 14.0. The lowest BCUT2D eigenvalue weighted by Crippen LogP contribution is -2.28. The first kappa shape index (κ1) is 15.7. The Balaban J connectivity index is 1.65. The summed E-state index contributed by atoms with van der Waals surface area (Å²) in [7, 11) is 0. The summed E-state index contributed by atoms with van der Waals surface area (Å²) >= 11 is 0. The van der Waals surface area contributed by atoms with Gasteiger partial charge in [-0.25, -0.2) is 9.37 Å². The molecule has 1 N–H and O–H groups in total. The van der Waals surface area contributed by atoms with Crippen LogP contribution in [0.1, 0.15) is 31.2 Å². The summed E-state index contributed by atoms with van der Waals surface area (Å²) in [5.74, 6) is 0.377. The van der Waals surface area contributed by atoms with E-state index >= 15 is 0 Å². The maximum Gasteiger partial charge on any atom is 0.329 e. The standard InChI is InChI=1S/C17H18FN5O2/c18-14-4-2-1-3-11(14)10-22(13-7-8-13)17-19-9-15(23(24)25)16(21-17)20-12-5-6-12/h1-4,9,12-13H,5-8,10H2,(H,19,20,21). The highest BCUT2D eigenvalue weighted by Crippen LogP contribution is 2.35. The minimum absolute atomic E-state index is 0.128. The summed E-state index contributed by atoms with van der Waals surface area (Å²) in [4.78, 5) is 21.2. The molecule has 1 heterocycles. The zero-order chi connectivity index (χ0) is 17.4. The van der Waals surface area contributed by atoms with Gasteiger partial charge in [0.15, 0.2) is 0 Å². The summed E-state index contributed by atoms with van der Waals surface area (Å²) in [5.41, 5.74) is 0.436. The summed E-state index contributed by atoms with van der Waals surface area (Å²) in [5, 5.41) is 14.3. The Bertz CT molecular complexity index is 807. The Morgan fingerprint density at radius 3 is 2.68 bits per heavy atom. The third-order valence-corrected chi connectivity index (χ3v) is 4.41. The Morgan fingerprint density at radius 1 is 1.28 bits per heavy atom. The number of aromatic nitrogens is 2. The van der Waals surface area contributed by atoms with Crippen molar-refractivity contribution in [3.05, 3.63) is 52.0 Å². The largest absolute Gasteiger partial charge is 0.361 e. The van der Waals surface area contributed by atoms with E-state index < -0.39 is 4.92 Å². The minimum atomic E-state index is -0.479. The number of halogens is 1. The molecule has 0 atom stereocenters. The van der Waals surface area contributed by atoms with E-state index in [-0.39, 0.29) is 29.4 Å². The Hall–Kier alpha value is -2.77. The van der Waals surface area contributed by atoms with Gasteiger partial charge in [0.05, 0.1) is 4.92 Å². The van der Waals surface area contributed by atoms with Gasteiger partial charge in [-0.05, 0) is 31.7 Å². The van der Waals surface area contributed by atoms with E-state index in [2.05, 4.69) is 15.3 Å². The van der Waals surface area contributed by atoms with Crippen molar-refractivity contribution < 1.29 is 9.31 Å². The molecule has 2 aliphatic rings. The van der Waals surface area contributed by atoms with Crippen LogP contribution in [0.4, 0.5) is 21.8 Å². The molecule has 0 spiro atoms. The number of benzene rings is 1. The molecule has 4 rings (SSSR count). The number of nitro groups is 1. The number of anilines is 2. The zero-order valence-corrected chi connectivity index (χ0v) is 13.6. The summed E-state index contributed by atoms with van der Waals surface area (Å²) in [6.45, 7) is 0.345. The van der Waals surface area contributed by atoms with Crippen molar-refractivity contribution in [2.24, 2.45) is 0 Å². The molecule has 0 saturated heterocycles. The second kappa shape index (κ2) is 6.27. The van der Waals surface area contributed by atoms with Crippen molar-refractivity contribution in [1.29, 1.82) is 0 Å². The van der Waals surface area contributed by atoms with Crippen LogP contribution in [0.3, 0.4) is 0 Å². The molecule has 2 aromatic rings. The van der Waals surface area contributed by atoms with E-state index in [4.69, 9.17) is 0 Å². The lowest BCUT2D eigenvalue weighted by atomic mass is 10.2. The lowest BCUT2D eigenvalue weighted by Gasteiger charge is -2.23. The van der Waals surface area contributed by atoms with E-state index in [1.165, 1.54) is 12.3 Å². The number of hydrogen-bond acceptors (Lipinski definition) is 6. The molecule has 0 aliphatic heterocycles. The van der Waals surface area contributed by atoms with Gasteiger partial charge in [-0.2, -0.15) is 4.98 Å². The van der Waals surface area contributed by atoms with Gasteiger partial charge in [-0.3, -0.25) is 10.1 Å². The van der Waals surface area contributed by atoms with Gasteiger partial charge in [-0.1, -0.05) is 18.2 Å². The van der Waals surface area contributed by atoms with Gasteiger partial charge in [0.2, 0.25) is 11.8 Å². The van der Waals surface area contributed by atoms with Crippen molar-refractivity contribution >= 4 is 17.5 Å². The van der Waals surface area contributed by atoms with Crippen LogP contribution in [-0.2, 0) is 6.54 Å². The predicted octanol–water partition coefficient (Wildman–Crippen LogP) is 3.27. The SMILES string of the molecule is O=[N+]([O-])c1cnc(N(Cc2ccccc2F)C2CC2)nc1NC1CC1. The molecule has 0 radical (unpaired) electrons. The predicted molar refractivity (Wildman–Crippen MR) is 90.9 cm³/mol. The molecule has 130 valence electrons. The van der Waals surface area contributed by atoms with Crippen LogP contribution in [0.2, 0.25) is 0 Å². The number of nitrogens with zero attached hydrogens (tertiary/aromatic N) is 4. The second-order valence-corrected chi connectivity index (χ2v) is 6.53. The first-order valence-electron chi connectivity index (χ1n) is 8.40. The maximum atomic E-state index is 14.0. The monoisotopic (exact) mass is 343 g/mol. The normalized spacial score (nSPS) is 16.5. The topological polar surface area (TPSA) is 84.2 Å². The summed E-state index contributed by atoms with van der Waals surface area (Å²) in [6.07, 6.45) is 5.18. The highest BCUT2D eigenvalue weighted by Gasteiger charge is 2.33. The van der Waals surface area contributed by atoms with Gasteiger partial charge >= 0.3 is 5.69 Å². The molecule has 8 heteroatoms. The zero-order valence-electron chi connectivity index (χ0n) is 13.6. The molecular formula is C17H18FN5O2. The fourth-order valence-electron chi connectivity index (χ4n) is 2.72. The fourth-order valence-corrected chi connectivity index (χ4v) is 2.72. The highest BCUT2D eigenvalue weighted by molar-refractivity contribution is 5.58. The Kier molecular flexibility index (Phi) is 3.95. The van der Waals surface area contributed by atoms with E-state index in [0.717, 1.165) is 25.7 Å². The second-order valence-electron chi connectivity index (χ2n) is 6.53. The molecule has 7 nitrogen and oxygen atoms in total. The van der Waals surface area contributed by atoms with Crippen molar-refractivity contribution in [3.8, 4) is 0 Å². The van der Waals surface area contributed by atoms with E-state index in [1.807, 2.05) is 4.90 Å². The minimum Gasteiger partial charge on any atom is -0.361 e. The third kappa shape index (κ3) is 3.52. The first-order chi connectivity index (χ1) is 12.1. The van der Waals surface area contributed by atoms with Crippen molar-refractivity contribution in [2.75, 3.05) is 10.2 Å². The molecular weight excluding hydrogens is 325 g/mol. The molecule has 1 aromatic carbocycles. The summed E-state index contributed by atoms with van der Waals surface area (Å²) in [6, 6.07) is 7.09. The molecule has 0 amide bonds. The first-order valence-corrected chi connectivity index (χ1v) is 8.40. The summed E-state index contributed by atoms with van der Waals surface area (Å²) < 4.78 is 14.0. The molecule has 2 fully saturated rings. The van der Waals surface area contributed by atoms with Gasteiger partial charge in [0, 0.05) is 24.2 Å². The fraction of sp³-hybridized carbons (Fsp3) is 0.412. The quantitative estimate of drug-likeness (QED) is 0.613. The van der Waals surface area contributed by atoms with Crippen LogP contribution < -0.4 is 10.2 Å². The Morgan fingerprint density at radius 2 is 2.04 bits per heavy atom. The number of hydrogen-bond donors (Lipinski definition) is 1. The smallest absolute Gasteiger partial charge is 0.329 e. The molecule has 0 unspecified atom stereocenters. The molecule has 25 heavy (non-hydrogen) atoms.